The van der Waals surface area contributed by atoms with E-state index < -0.39 is 20.4 Å². The molecular weight excluding hydrogens is 184 g/mol. The van der Waals surface area contributed by atoms with Crippen molar-refractivity contribution in [1.29, 1.82) is 0 Å². The molecule has 0 aliphatic heterocycles. The molecule has 0 aliphatic rings. The lowest BCUT2D eigenvalue weighted by molar-refractivity contribution is -0.144. The molecule has 0 saturated heterocycles. The van der Waals surface area contributed by atoms with Crippen LogP contribution in [-0.2, 0) is 14.9 Å². The lowest BCUT2D eigenvalue weighted by atomic mass is 10.7. The van der Waals surface area contributed by atoms with Crippen molar-refractivity contribution < 1.29 is 28.0 Å². The molecule has 3 N–H and O–H groups in total. The van der Waals surface area contributed by atoms with E-state index in [0.29, 0.717) is 0 Å². The molecule has 0 radical (unpaired) electrons. The topological polar surface area (TPSA) is 112 Å². The van der Waals surface area contributed by atoms with Gasteiger partial charge < -0.3 is 10.2 Å². The van der Waals surface area contributed by atoms with Gasteiger partial charge >= 0.3 is 20.4 Å². The second-order valence-electron chi connectivity index (χ2n) is 1.39. The number of aliphatic carboxylic acids is 1. The van der Waals surface area contributed by atoms with Gasteiger partial charge in [-0.2, -0.15) is 8.42 Å². The zero-order valence-corrected chi connectivity index (χ0v) is 6.13. The van der Waals surface area contributed by atoms with Crippen LogP contribution < -0.4 is 0 Å². The number of hydrogen-bond donors (Lipinski definition) is 4. The van der Waals surface area contributed by atoms with Crippen LogP contribution in [0.3, 0.4) is 0 Å². The van der Waals surface area contributed by atoms with E-state index in [2.05, 4.69) is 12.6 Å². The summed E-state index contributed by atoms with van der Waals surface area (Å²) in [6, 6.07) is 0. The van der Waals surface area contributed by atoms with Gasteiger partial charge in [-0.05, 0) is 0 Å². The molecule has 0 spiro atoms. The Balaban J connectivity index is 4.95. The summed E-state index contributed by atoms with van der Waals surface area (Å²) < 4.78 is 24.4. The molecule has 10 heavy (non-hydrogen) atoms. The third kappa shape index (κ3) is 1.59. The number of rotatable bonds is 2. The van der Waals surface area contributed by atoms with Gasteiger partial charge in [-0.25, -0.2) is 4.79 Å². The van der Waals surface area contributed by atoms with Gasteiger partial charge in [0, 0.05) is 0 Å². The first-order valence-electron chi connectivity index (χ1n) is 1.84. The molecule has 0 heterocycles. The highest BCUT2D eigenvalue weighted by molar-refractivity contribution is 8.04. The van der Waals surface area contributed by atoms with Gasteiger partial charge in [-0.15, -0.1) is 12.6 Å². The maximum absolute atomic E-state index is 9.94. The Bertz CT molecular complexity index is 236. The summed E-state index contributed by atoms with van der Waals surface area (Å²) in [6.45, 7) is 0. The van der Waals surface area contributed by atoms with Crippen molar-refractivity contribution in [1.82, 2.24) is 0 Å². The molecule has 8 heteroatoms. The van der Waals surface area contributed by atoms with Crippen molar-refractivity contribution in [3.05, 3.63) is 0 Å². The molecule has 0 aromatic carbocycles. The standard InChI is InChI=1S/C2H4O6S2/c3-1(4)2(5,9)10(6,7)8/h5,9H,(H,3,4)(H,6,7,8). The Morgan fingerprint density at radius 3 is 1.80 bits per heavy atom. The fourth-order valence-electron chi connectivity index (χ4n) is 0.110. The van der Waals surface area contributed by atoms with Gasteiger partial charge in [0.05, 0.1) is 0 Å². The van der Waals surface area contributed by atoms with E-state index in [4.69, 9.17) is 14.8 Å². The molecule has 1 unspecified atom stereocenters. The van der Waals surface area contributed by atoms with E-state index in [9.17, 15) is 13.2 Å². The Hall–Kier alpha value is -0.310. The number of carbonyl (C=O) groups is 1. The maximum atomic E-state index is 9.94. The highest BCUT2D eigenvalue weighted by atomic mass is 32.3. The van der Waals surface area contributed by atoms with Crippen molar-refractivity contribution in [2.45, 2.75) is 4.27 Å². The average Bonchev–Trinajstić information content (AvgIpc) is 1.62. The van der Waals surface area contributed by atoms with Crippen molar-refractivity contribution >= 4 is 28.7 Å². The average molecular weight is 188 g/mol. The van der Waals surface area contributed by atoms with Crippen LogP contribution in [0.25, 0.3) is 0 Å². The van der Waals surface area contributed by atoms with Gasteiger partial charge in [-0.1, -0.05) is 0 Å². The van der Waals surface area contributed by atoms with Crippen molar-refractivity contribution in [3.63, 3.8) is 0 Å². The van der Waals surface area contributed by atoms with E-state index in [1.54, 1.807) is 0 Å². The molecule has 0 bridgehead atoms. The predicted molar refractivity (Wildman–Crippen MR) is 33.1 cm³/mol. The smallest absolute Gasteiger partial charge is 0.365 e. The van der Waals surface area contributed by atoms with Crippen LogP contribution in [0.5, 0.6) is 0 Å². The molecule has 0 aromatic heterocycles. The minimum absolute atomic E-state index is 2.15. The van der Waals surface area contributed by atoms with Gasteiger partial charge in [-0.3, -0.25) is 4.55 Å². The van der Waals surface area contributed by atoms with Crippen molar-refractivity contribution in [3.8, 4) is 0 Å². The fourth-order valence-corrected chi connectivity index (χ4v) is 0.331. The molecule has 0 fully saturated rings. The van der Waals surface area contributed by atoms with E-state index in [1.807, 2.05) is 0 Å². The van der Waals surface area contributed by atoms with Crippen LogP contribution in [-0.4, -0.2) is 33.4 Å². The third-order valence-electron chi connectivity index (χ3n) is 0.638. The Labute approximate surface area is 61.6 Å². The molecule has 0 rings (SSSR count). The monoisotopic (exact) mass is 188 g/mol. The van der Waals surface area contributed by atoms with Gasteiger partial charge in [0.1, 0.15) is 0 Å². The molecule has 0 aliphatic carbocycles. The van der Waals surface area contributed by atoms with Crippen LogP contribution >= 0.6 is 12.6 Å². The van der Waals surface area contributed by atoms with E-state index in [1.165, 1.54) is 0 Å². The lowest BCUT2D eigenvalue weighted by Gasteiger charge is -2.11. The van der Waals surface area contributed by atoms with E-state index in [0.717, 1.165) is 0 Å². The summed E-state index contributed by atoms with van der Waals surface area (Å²) in [5, 5.41) is 16.3. The zero-order chi connectivity index (χ0) is 8.58. The molecular formula is C2H4O6S2. The Morgan fingerprint density at radius 2 is 1.80 bits per heavy atom. The number of carboxylic acid groups (broad SMARTS) is 1. The lowest BCUT2D eigenvalue weighted by Crippen LogP contribution is -2.40. The molecule has 1 atom stereocenters. The zero-order valence-electron chi connectivity index (χ0n) is 4.42. The Morgan fingerprint density at radius 1 is 1.50 bits per heavy atom. The summed E-state index contributed by atoms with van der Waals surface area (Å²) >= 11 is 2.78. The van der Waals surface area contributed by atoms with Crippen molar-refractivity contribution in [2.75, 3.05) is 0 Å². The quantitative estimate of drug-likeness (QED) is 0.239. The largest absolute Gasteiger partial charge is 0.478 e. The number of thiol groups is 1. The van der Waals surface area contributed by atoms with Gasteiger partial charge in [0.25, 0.3) is 0 Å². The minimum Gasteiger partial charge on any atom is -0.478 e. The summed E-state index contributed by atoms with van der Waals surface area (Å²) in [6.07, 6.45) is 0. The SMILES string of the molecule is O=C(O)C(O)(S)S(=O)(=O)O. The minimum atomic E-state index is -5.08. The second-order valence-corrected chi connectivity index (χ2v) is 3.88. The van der Waals surface area contributed by atoms with Gasteiger partial charge in [0.2, 0.25) is 0 Å². The highest BCUT2D eigenvalue weighted by Gasteiger charge is 2.45. The maximum Gasteiger partial charge on any atom is 0.365 e. The van der Waals surface area contributed by atoms with E-state index >= 15 is 0 Å². The normalized spacial score (nSPS) is 17.9. The van der Waals surface area contributed by atoms with Crippen LogP contribution in [0.15, 0.2) is 0 Å². The first kappa shape index (κ1) is 9.69. The third-order valence-corrected chi connectivity index (χ3v) is 2.42. The van der Waals surface area contributed by atoms with Crippen LogP contribution in [0, 0.1) is 0 Å². The first-order valence-corrected chi connectivity index (χ1v) is 3.73. The molecule has 60 valence electrons. The Kier molecular flexibility index (Phi) is 2.31. The second kappa shape index (κ2) is 2.38. The number of aliphatic hydroxyl groups is 1. The molecule has 0 saturated carbocycles. The molecule has 0 aromatic rings. The van der Waals surface area contributed by atoms with Gasteiger partial charge in [0.15, 0.2) is 0 Å². The summed E-state index contributed by atoms with van der Waals surface area (Å²) in [5.41, 5.74) is 0. The van der Waals surface area contributed by atoms with Crippen LogP contribution in [0.2, 0.25) is 0 Å². The first-order chi connectivity index (χ1) is 4.19. The van der Waals surface area contributed by atoms with Crippen LogP contribution in [0.1, 0.15) is 0 Å². The highest BCUT2D eigenvalue weighted by Crippen LogP contribution is 2.16. The van der Waals surface area contributed by atoms with Crippen molar-refractivity contribution in [2.24, 2.45) is 0 Å². The van der Waals surface area contributed by atoms with Crippen LogP contribution in [0.4, 0.5) is 0 Å². The number of hydrogen-bond acceptors (Lipinski definition) is 5. The summed E-state index contributed by atoms with van der Waals surface area (Å²) in [7, 11) is -5.08. The fraction of sp³-hybridized carbons (Fsp3) is 0.500. The van der Waals surface area contributed by atoms with E-state index in [-0.39, 0.29) is 0 Å². The predicted octanol–water partition coefficient (Wildman–Crippen LogP) is -1.47. The summed E-state index contributed by atoms with van der Waals surface area (Å²) in [5.74, 6) is -2.15. The summed E-state index contributed by atoms with van der Waals surface area (Å²) in [4.78, 5) is 9.80. The molecule has 6 nitrogen and oxygen atoms in total. The number of carboxylic acids is 1. The molecule has 0 amide bonds.